The molecule has 0 spiro atoms. The van der Waals surface area contributed by atoms with E-state index in [1.807, 2.05) is 36.4 Å². The molecule has 0 atom stereocenters. The van der Waals surface area contributed by atoms with Crippen LogP contribution in [0.3, 0.4) is 0 Å². The van der Waals surface area contributed by atoms with Crippen LogP contribution in [0.2, 0.25) is 0 Å². The summed E-state index contributed by atoms with van der Waals surface area (Å²) in [6.45, 7) is 7.82. The van der Waals surface area contributed by atoms with Gasteiger partial charge in [-0.25, -0.2) is 0 Å². The number of carbonyl (C=O) groups excluding carboxylic acids is 1. The second kappa shape index (κ2) is 10.0. The summed E-state index contributed by atoms with van der Waals surface area (Å²) in [7, 11) is 0. The fourth-order valence-corrected chi connectivity index (χ4v) is 3.54. The second-order valence-corrected chi connectivity index (χ2v) is 7.42. The van der Waals surface area contributed by atoms with Crippen LogP contribution in [0.4, 0.5) is 0 Å². The molecule has 1 saturated heterocycles. The molecule has 3 rings (SSSR count). The predicted octanol–water partition coefficient (Wildman–Crippen LogP) is 2.69. The lowest BCUT2D eigenvalue weighted by molar-refractivity contribution is -0.122. The van der Waals surface area contributed by atoms with Crippen LogP contribution in [0.1, 0.15) is 28.7 Å². The van der Waals surface area contributed by atoms with Gasteiger partial charge in [0.25, 0.3) is 0 Å². The van der Waals surface area contributed by atoms with Gasteiger partial charge in [0.1, 0.15) is 0 Å². The average Bonchev–Trinajstić information content (AvgIpc) is 2.93. The van der Waals surface area contributed by atoms with Crippen molar-refractivity contribution in [3.63, 3.8) is 0 Å². The van der Waals surface area contributed by atoms with Crippen molar-refractivity contribution in [3.05, 3.63) is 70.8 Å². The molecule has 0 radical (unpaired) electrons. The first-order valence-electron chi connectivity index (χ1n) is 9.89. The maximum absolute atomic E-state index is 12.3. The first-order chi connectivity index (χ1) is 13.6. The standard InChI is InChI=1S/C23H28N4O/c1-19-5-2-3-6-22(19)16-25-23(28)18-27-12-4-11-26(13-14-27)17-21-9-7-20(15-24)8-10-21/h2-3,5-10H,4,11-14,16-18H2,1H3,(H,25,28). The van der Waals surface area contributed by atoms with Crippen molar-refractivity contribution in [2.24, 2.45) is 0 Å². The van der Waals surface area contributed by atoms with Gasteiger partial charge in [0.2, 0.25) is 5.91 Å². The summed E-state index contributed by atoms with van der Waals surface area (Å²) in [5.41, 5.74) is 4.29. The Morgan fingerprint density at radius 1 is 1.04 bits per heavy atom. The zero-order valence-electron chi connectivity index (χ0n) is 16.5. The predicted molar refractivity (Wildman–Crippen MR) is 111 cm³/mol. The minimum atomic E-state index is 0.0868. The van der Waals surface area contributed by atoms with Gasteiger partial charge in [-0.1, -0.05) is 36.4 Å². The van der Waals surface area contributed by atoms with Gasteiger partial charge >= 0.3 is 0 Å². The van der Waals surface area contributed by atoms with E-state index in [0.29, 0.717) is 18.7 Å². The molecule has 1 amide bonds. The highest BCUT2D eigenvalue weighted by molar-refractivity contribution is 5.78. The first kappa shape index (κ1) is 20.1. The number of nitrogens with zero attached hydrogens (tertiary/aromatic N) is 3. The van der Waals surface area contributed by atoms with E-state index in [0.717, 1.165) is 39.1 Å². The molecule has 1 aliphatic heterocycles. The van der Waals surface area contributed by atoms with Crippen LogP contribution in [-0.2, 0) is 17.9 Å². The van der Waals surface area contributed by atoms with Crippen molar-refractivity contribution in [3.8, 4) is 6.07 Å². The third-order valence-electron chi connectivity index (χ3n) is 5.27. The number of rotatable bonds is 6. The normalized spacial score (nSPS) is 15.6. The van der Waals surface area contributed by atoms with E-state index in [1.54, 1.807) is 0 Å². The van der Waals surface area contributed by atoms with Crippen LogP contribution in [0.25, 0.3) is 0 Å². The fourth-order valence-electron chi connectivity index (χ4n) is 3.54. The molecule has 0 unspecified atom stereocenters. The molecule has 28 heavy (non-hydrogen) atoms. The third kappa shape index (κ3) is 5.91. The largest absolute Gasteiger partial charge is 0.351 e. The van der Waals surface area contributed by atoms with Crippen molar-refractivity contribution in [2.45, 2.75) is 26.4 Å². The Bertz CT molecular complexity index is 825. The lowest BCUT2D eigenvalue weighted by Crippen LogP contribution is -2.39. The zero-order valence-corrected chi connectivity index (χ0v) is 16.5. The molecule has 2 aromatic rings. The Morgan fingerprint density at radius 3 is 2.50 bits per heavy atom. The van der Waals surface area contributed by atoms with Gasteiger partial charge in [-0.05, 0) is 55.3 Å². The van der Waals surface area contributed by atoms with Gasteiger partial charge in [0, 0.05) is 26.2 Å². The van der Waals surface area contributed by atoms with Gasteiger partial charge < -0.3 is 5.32 Å². The number of carbonyl (C=O) groups is 1. The number of nitrogens with one attached hydrogen (secondary N) is 1. The summed E-state index contributed by atoms with van der Waals surface area (Å²) in [6, 6.07) is 18.1. The molecule has 1 fully saturated rings. The van der Waals surface area contributed by atoms with Gasteiger partial charge in [-0.2, -0.15) is 5.26 Å². The Balaban J connectivity index is 1.43. The van der Waals surface area contributed by atoms with Crippen molar-refractivity contribution in [1.82, 2.24) is 15.1 Å². The number of amides is 1. The zero-order chi connectivity index (χ0) is 19.8. The smallest absolute Gasteiger partial charge is 0.234 e. The van der Waals surface area contributed by atoms with Crippen LogP contribution >= 0.6 is 0 Å². The summed E-state index contributed by atoms with van der Waals surface area (Å²) < 4.78 is 0. The van der Waals surface area contributed by atoms with E-state index in [-0.39, 0.29) is 5.91 Å². The van der Waals surface area contributed by atoms with E-state index in [2.05, 4.69) is 40.2 Å². The molecule has 1 N–H and O–H groups in total. The minimum Gasteiger partial charge on any atom is -0.351 e. The third-order valence-corrected chi connectivity index (χ3v) is 5.27. The Kier molecular flexibility index (Phi) is 7.18. The van der Waals surface area contributed by atoms with Crippen molar-refractivity contribution in [1.29, 1.82) is 5.26 Å². The van der Waals surface area contributed by atoms with E-state index < -0.39 is 0 Å². The molecule has 2 aromatic carbocycles. The summed E-state index contributed by atoms with van der Waals surface area (Å²) in [4.78, 5) is 17.0. The van der Waals surface area contributed by atoms with Crippen molar-refractivity contribution >= 4 is 5.91 Å². The summed E-state index contributed by atoms with van der Waals surface area (Å²) in [5, 5.41) is 12.0. The number of hydrogen-bond donors (Lipinski definition) is 1. The average molecular weight is 377 g/mol. The van der Waals surface area contributed by atoms with E-state index in [1.165, 1.54) is 16.7 Å². The SMILES string of the molecule is Cc1ccccc1CNC(=O)CN1CCCN(Cc2ccc(C#N)cc2)CC1. The highest BCUT2D eigenvalue weighted by Gasteiger charge is 2.17. The molecule has 146 valence electrons. The van der Waals surface area contributed by atoms with Crippen molar-refractivity contribution in [2.75, 3.05) is 32.7 Å². The van der Waals surface area contributed by atoms with Gasteiger partial charge in [0.05, 0.1) is 18.2 Å². The second-order valence-electron chi connectivity index (χ2n) is 7.42. The van der Waals surface area contributed by atoms with Gasteiger partial charge in [-0.15, -0.1) is 0 Å². The lowest BCUT2D eigenvalue weighted by atomic mass is 10.1. The number of benzene rings is 2. The van der Waals surface area contributed by atoms with Gasteiger partial charge in [0.15, 0.2) is 0 Å². The van der Waals surface area contributed by atoms with Crippen molar-refractivity contribution < 1.29 is 4.79 Å². The molecule has 1 aliphatic rings. The van der Waals surface area contributed by atoms with Crippen LogP contribution < -0.4 is 5.32 Å². The highest BCUT2D eigenvalue weighted by atomic mass is 16.2. The molecule has 0 aliphatic carbocycles. The summed E-state index contributed by atoms with van der Waals surface area (Å²) >= 11 is 0. The molecule has 0 aromatic heterocycles. The number of hydrogen-bond acceptors (Lipinski definition) is 4. The highest BCUT2D eigenvalue weighted by Crippen LogP contribution is 2.11. The van der Waals surface area contributed by atoms with E-state index >= 15 is 0 Å². The fraction of sp³-hybridized carbons (Fsp3) is 0.391. The molecule has 5 nitrogen and oxygen atoms in total. The van der Waals surface area contributed by atoms with E-state index in [4.69, 9.17) is 5.26 Å². The number of aryl methyl sites for hydroxylation is 1. The maximum Gasteiger partial charge on any atom is 0.234 e. The molecular weight excluding hydrogens is 348 g/mol. The first-order valence-corrected chi connectivity index (χ1v) is 9.89. The quantitative estimate of drug-likeness (QED) is 0.842. The molecule has 1 heterocycles. The van der Waals surface area contributed by atoms with Crippen LogP contribution in [-0.4, -0.2) is 48.4 Å². The molecule has 0 bridgehead atoms. The molecule has 0 saturated carbocycles. The summed E-state index contributed by atoms with van der Waals surface area (Å²) in [5.74, 6) is 0.0868. The Labute approximate surface area is 167 Å². The minimum absolute atomic E-state index is 0.0868. The summed E-state index contributed by atoms with van der Waals surface area (Å²) in [6.07, 6.45) is 1.06. The molecular formula is C23H28N4O. The topological polar surface area (TPSA) is 59.4 Å². The van der Waals surface area contributed by atoms with Gasteiger partial charge in [-0.3, -0.25) is 14.6 Å². The lowest BCUT2D eigenvalue weighted by Gasteiger charge is -2.21. The van der Waals surface area contributed by atoms with Crippen LogP contribution in [0.15, 0.2) is 48.5 Å². The number of nitriles is 1. The maximum atomic E-state index is 12.3. The van der Waals surface area contributed by atoms with E-state index in [9.17, 15) is 4.79 Å². The monoisotopic (exact) mass is 376 g/mol. The van der Waals surface area contributed by atoms with Crippen LogP contribution in [0, 0.1) is 18.3 Å². The Morgan fingerprint density at radius 2 is 1.75 bits per heavy atom. The Hall–Kier alpha value is -2.68. The van der Waals surface area contributed by atoms with Crippen LogP contribution in [0.5, 0.6) is 0 Å². The molecule has 5 heteroatoms.